The van der Waals surface area contributed by atoms with E-state index in [2.05, 4.69) is 12.2 Å². The van der Waals surface area contributed by atoms with Gasteiger partial charge in [-0.3, -0.25) is 4.79 Å². The van der Waals surface area contributed by atoms with Crippen molar-refractivity contribution in [3.05, 3.63) is 23.8 Å². The van der Waals surface area contributed by atoms with Crippen molar-refractivity contribution in [2.45, 2.75) is 70.0 Å². The van der Waals surface area contributed by atoms with E-state index in [0.29, 0.717) is 43.6 Å². The molecule has 1 aromatic carbocycles. The predicted octanol–water partition coefficient (Wildman–Crippen LogP) is 4.24. The average Bonchev–Trinajstić information content (AvgIpc) is 3.21. The summed E-state index contributed by atoms with van der Waals surface area (Å²) < 4.78 is 37.7. The summed E-state index contributed by atoms with van der Waals surface area (Å²) in [6.45, 7) is 3.61. The standard InChI is InChI=1S/C24H34F2N2O3/c1-15-10-21-19(20(15)13-27-17-6-8-24(25,26)9-7-17)12-23(29)28(21)14-16-4-5-18(30-2)11-22(16)31-3/h4-5,11,15,17,19-21,27H,6-10,12-14H2,1-3H3/t15-,19-,20+,21+/m0/s1. The van der Waals surface area contributed by atoms with Gasteiger partial charge in [0.2, 0.25) is 11.8 Å². The molecule has 3 fully saturated rings. The Morgan fingerprint density at radius 3 is 2.61 bits per heavy atom. The normalized spacial score (nSPS) is 30.5. The minimum atomic E-state index is -2.50. The van der Waals surface area contributed by atoms with Crippen molar-refractivity contribution < 1.29 is 23.0 Å². The number of amides is 1. The molecule has 0 bridgehead atoms. The fraction of sp³-hybridized carbons (Fsp3) is 0.708. The molecular formula is C24H34F2N2O3. The molecule has 0 unspecified atom stereocenters. The van der Waals surface area contributed by atoms with E-state index in [1.165, 1.54) is 0 Å². The van der Waals surface area contributed by atoms with E-state index in [4.69, 9.17) is 9.47 Å². The Morgan fingerprint density at radius 1 is 1.19 bits per heavy atom. The number of nitrogens with zero attached hydrogens (tertiary/aromatic N) is 1. The third-order valence-corrected chi connectivity index (χ3v) is 7.71. The molecule has 0 aromatic heterocycles. The minimum absolute atomic E-state index is 0.0209. The molecule has 1 heterocycles. The lowest BCUT2D eigenvalue weighted by Gasteiger charge is -2.31. The van der Waals surface area contributed by atoms with E-state index in [9.17, 15) is 13.6 Å². The predicted molar refractivity (Wildman–Crippen MR) is 114 cm³/mol. The zero-order valence-electron chi connectivity index (χ0n) is 18.7. The summed E-state index contributed by atoms with van der Waals surface area (Å²) in [5.41, 5.74) is 0.981. The van der Waals surface area contributed by atoms with E-state index in [-0.39, 0.29) is 30.8 Å². The van der Waals surface area contributed by atoms with Crippen molar-refractivity contribution in [3.63, 3.8) is 0 Å². The maximum atomic E-state index is 13.4. The Morgan fingerprint density at radius 2 is 1.94 bits per heavy atom. The van der Waals surface area contributed by atoms with Crippen molar-refractivity contribution in [1.82, 2.24) is 10.2 Å². The van der Waals surface area contributed by atoms with Gasteiger partial charge in [0, 0.05) is 49.5 Å². The highest BCUT2D eigenvalue weighted by Gasteiger charge is 2.50. The Kier molecular flexibility index (Phi) is 6.42. The molecule has 5 nitrogen and oxygen atoms in total. The summed E-state index contributed by atoms with van der Waals surface area (Å²) in [7, 11) is 3.25. The summed E-state index contributed by atoms with van der Waals surface area (Å²) in [5, 5.41) is 3.56. The molecule has 1 saturated heterocycles. The van der Waals surface area contributed by atoms with Crippen LogP contribution in [-0.4, -0.2) is 49.6 Å². The van der Waals surface area contributed by atoms with Crippen molar-refractivity contribution >= 4 is 5.91 Å². The molecule has 31 heavy (non-hydrogen) atoms. The Balaban J connectivity index is 1.39. The average molecular weight is 437 g/mol. The molecule has 4 atom stereocenters. The van der Waals surface area contributed by atoms with Gasteiger partial charge in [0.25, 0.3) is 0 Å². The van der Waals surface area contributed by atoms with Gasteiger partial charge in [-0.15, -0.1) is 0 Å². The second-order valence-electron chi connectivity index (χ2n) is 9.55. The van der Waals surface area contributed by atoms with Crippen LogP contribution >= 0.6 is 0 Å². The first-order valence-electron chi connectivity index (χ1n) is 11.4. The second kappa shape index (κ2) is 8.93. The quantitative estimate of drug-likeness (QED) is 0.695. The number of hydrogen-bond donors (Lipinski definition) is 1. The number of ether oxygens (including phenoxy) is 2. The first kappa shape index (κ1) is 22.3. The lowest BCUT2D eigenvalue weighted by molar-refractivity contribution is -0.129. The highest BCUT2D eigenvalue weighted by Crippen LogP contribution is 2.47. The fourth-order valence-corrected chi connectivity index (χ4v) is 5.86. The van der Waals surface area contributed by atoms with Crippen LogP contribution in [-0.2, 0) is 11.3 Å². The van der Waals surface area contributed by atoms with Gasteiger partial charge in [-0.1, -0.05) is 6.92 Å². The molecule has 1 N–H and O–H groups in total. The highest BCUT2D eigenvalue weighted by atomic mass is 19.3. The molecule has 2 saturated carbocycles. The number of halogens is 2. The second-order valence-corrected chi connectivity index (χ2v) is 9.55. The third-order valence-electron chi connectivity index (χ3n) is 7.71. The maximum Gasteiger partial charge on any atom is 0.248 e. The maximum absolute atomic E-state index is 13.4. The number of carbonyl (C=O) groups is 1. The van der Waals surface area contributed by atoms with Crippen LogP contribution in [0.2, 0.25) is 0 Å². The molecule has 7 heteroatoms. The van der Waals surface area contributed by atoms with Crippen LogP contribution < -0.4 is 14.8 Å². The summed E-state index contributed by atoms with van der Waals surface area (Å²) in [6.07, 6.45) is 2.58. The smallest absolute Gasteiger partial charge is 0.248 e. The van der Waals surface area contributed by atoms with E-state index in [1.54, 1.807) is 14.2 Å². The Hall–Kier alpha value is -1.89. The number of alkyl halides is 2. The molecule has 2 aliphatic carbocycles. The van der Waals surface area contributed by atoms with Crippen molar-refractivity contribution in [1.29, 1.82) is 0 Å². The SMILES string of the molecule is COc1ccc(CN2C(=O)C[C@H]3[C@H](CNC4CCC(F)(F)CC4)[C@@H](C)C[C@H]32)c(OC)c1. The van der Waals surface area contributed by atoms with E-state index >= 15 is 0 Å². The van der Waals surface area contributed by atoms with Crippen molar-refractivity contribution in [2.24, 2.45) is 17.8 Å². The van der Waals surface area contributed by atoms with Crippen LogP contribution in [0, 0.1) is 17.8 Å². The van der Waals surface area contributed by atoms with E-state index in [0.717, 1.165) is 30.0 Å². The van der Waals surface area contributed by atoms with Gasteiger partial charge in [0.15, 0.2) is 0 Å². The van der Waals surface area contributed by atoms with Gasteiger partial charge in [0.05, 0.1) is 14.2 Å². The third kappa shape index (κ3) is 4.66. The number of methoxy groups -OCH3 is 2. The zero-order chi connectivity index (χ0) is 22.2. The van der Waals surface area contributed by atoms with Crippen LogP contribution in [0.1, 0.15) is 51.0 Å². The molecule has 172 valence electrons. The molecule has 1 aliphatic heterocycles. The monoisotopic (exact) mass is 436 g/mol. The van der Waals surface area contributed by atoms with Crippen LogP contribution in [0.15, 0.2) is 18.2 Å². The first-order valence-corrected chi connectivity index (χ1v) is 11.4. The molecular weight excluding hydrogens is 402 g/mol. The molecule has 0 radical (unpaired) electrons. The van der Waals surface area contributed by atoms with Gasteiger partial charge in [-0.25, -0.2) is 8.78 Å². The molecule has 1 amide bonds. The largest absolute Gasteiger partial charge is 0.497 e. The highest BCUT2D eigenvalue weighted by molar-refractivity contribution is 5.79. The number of fused-ring (bicyclic) bond motifs is 1. The first-order chi connectivity index (χ1) is 14.8. The molecule has 0 spiro atoms. The van der Waals surface area contributed by atoms with Gasteiger partial charge in [-0.05, 0) is 55.7 Å². The van der Waals surface area contributed by atoms with Gasteiger partial charge >= 0.3 is 0 Å². The van der Waals surface area contributed by atoms with Crippen molar-refractivity contribution in [2.75, 3.05) is 20.8 Å². The summed E-state index contributed by atoms with van der Waals surface area (Å²) in [4.78, 5) is 14.9. The molecule has 4 rings (SSSR count). The number of carbonyl (C=O) groups excluding carboxylic acids is 1. The molecule has 3 aliphatic rings. The molecule has 1 aromatic rings. The lowest BCUT2D eigenvalue weighted by atomic mass is 9.87. The van der Waals surface area contributed by atoms with Crippen LogP contribution in [0.5, 0.6) is 11.5 Å². The summed E-state index contributed by atoms with van der Waals surface area (Å²) in [5.74, 6) is 0.387. The zero-order valence-corrected chi connectivity index (χ0v) is 18.7. The van der Waals surface area contributed by atoms with Crippen LogP contribution in [0.3, 0.4) is 0 Å². The van der Waals surface area contributed by atoms with E-state index in [1.807, 2.05) is 23.1 Å². The fourth-order valence-electron chi connectivity index (χ4n) is 5.86. The topological polar surface area (TPSA) is 50.8 Å². The number of benzene rings is 1. The Bertz CT molecular complexity index is 793. The minimum Gasteiger partial charge on any atom is -0.497 e. The Labute approximate surface area is 183 Å². The van der Waals surface area contributed by atoms with Gasteiger partial charge in [0.1, 0.15) is 11.5 Å². The lowest BCUT2D eigenvalue weighted by Crippen LogP contribution is -2.41. The number of likely N-dealkylation sites (tertiary alicyclic amines) is 1. The number of nitrogens with one attached hydrogen (secondary N) is 1. The van der Waals surface area contributed by atoms with Crippen LogP contribution in [0.25, 0.3) is 0 Å². The van der Waals surface area contributed by atoms with Gasteiger partial charge < -0.3 is 19.7 Å². The summed E-state index contributed by atoms with van der Waals surface area (Å²) in [6, 6.07) is 6.12. The van der Waals surface area contributed by atoms with Gasteiger partial charge in [-0.2, -0.15) is 0 Å². The number of hydrogen-bond acceptors (Lipinski definition) is 4. The summed E-state index contributed by atoms with van der Waals surface area (Å²) >= 11 is 0. The van der Waals surface area contributed by atoms with Crippen molar-refractivity contribution in [3.8, 4) is 11.5 Å². The van der Waals surface area contributed by atoms with Crippen LogP contribution in [0.4, 0.5) is 8.78 Å². The number of rotatable bonds is 7. The van der Waals surface area contributed by atoms with E-state index < -0.39 is 5.92 Å².